The number of thiophene rings is 1. The molecule has 0 atom stereocenters. The van der Waals surface area contributed by atoms with Gasteiger partial charge in [0.15, 0.2) is 6.61 Å². The van der Waals surface area contributed by atoms with E-state index in [2.05, 4.69) is 10.1 Å². The van der Waals surface area contributed by atoms with Crippen LogP contribution in [-0.2, 0) is 4.79 Å². The fraction of sp³-hybridized carbons (Fsp3) is 0.235. The molecule has 0 unspecified atom stereocenters. The van der Waals surface area contributed by atoms with Crippen molar-refractivity contribution in [1.82, 2.24) is 15.0 Å². The molecule has 6 nitrogen and oxygen atoms in total. The lowest BCUT2D eigenvalue weighted by atomic mass is 10.0. The third kappa shape index (κ3) is 3.52. The number of halogens is 1. The highest BCUT2D eigenvalue weighted by Crippen LogP contribution is 2.29. The van der Waals surface area contributed by atoms with Gasteiger partial charge in [0.1, 0.15) is 5.75 Å². The summed E-state index contributed by atoms with van der Waals surface area (Å²) in [5.74, 6) is 1.81. The molecule has 1 aromatic carbocycles. The zero-order chi connectivity index (χ0) is 17.2. The van der Waals surface area contributed by atoms with E-state index < -0.39 is 0 Å². The molecule has 3 aromatic rings. The fourth-order valence-corrected chi connectivity index (χ4v) is 3.29. The van der Waals surface area contributed by atoms with Gasteiger partial charge in [0, 0.05) is 18.1 Å². The van der Waals surface area contributed by atoms with Gasteiger partial charge in [-0.3, -0.25) is 4.79 Å². The fourth-order valence-electron chi connectivity index (χ4n) is 2.51. The summed E-state index contributed by atoms with van der Waals surface area (Å²) in [6, 6.07) is 10.8. The van der Waals surface area contributed by atoms with Crippen molar-refractivity contribution in [2.75, 3.05) is 19.7 Å². The van der Waals surface area contributed by atoms with E-state index in [1.54, 1.807) is 40.5 Å². The van der Waals surface area contributed by atoms with Crippen molar-refractivity contribution in [3.8, 4) is 16.5 Å². The van der Waals surface area contributed by atoms with Crippen molar-refractivity contribution in [1.29, 1.82) is 0 Å². The molecule has 0 aliphatic carbocycles. The van der Waals surface area contributed by atoms with Gasteiger partial charge in [0.25, 0.3) is 5.91 Å². The van der Waals surface area contributed by atoms with Crippen LogP contribution in [0.4, 0.5) is 0 Å². The molecular weight excluding hydrogens is 362 g/mol. The molecule has 25 heavy (non-hydrogen) atoms. The molecule has 2 aromatic heterocycles. The van der Waals surface area contributed by atoms with Crippen LogP contribution in [0.25, 0.3) is 10.7 Å². The second-order valence-electron chi connectivity index (χ2n) is 5.67. The minimum Gasteiger partial charge on any atom is -0.484 e. The Kier molecular flexibility index (Phi) is 4.42. The van der Waals surface area contributed by atoms with Gasteiger partial charge < -0.3 is 14.2 Å². The number of carbonyl (C=O) groups excluding carboxylic acids is 1. The first-order valence-electron chi connectivity index (χ1n) is 7.72. The lowest BCUT2D eigenvalue weighted by molar-refractivity contribution is -0.138. The molecule has 1 fully saturated rings. The summed E-state index contributed by atoms with van der Waals surface area (Å²) in [6.07, 6.45) is 0. The van der Waals surface area contributed by atoms with Gasteiger partial charge in [-0.05, 0) is 35.7 Å². The van der Waals surface area contributed by atoms with Crippen molar-refractivity contribution in [3.63, 3.8) is 0 Å². The Morgan fingerprint density at radius 2 is 2.12 bits per heavy atom. The molecule has 1 aliphatic heterocycles. The Labute approximate surface area is 153 Å². The molecule has 0 saturated carbocycles. The van der Waals surface area contributed by atoms with Crippen LogP contribution in [-0.4, -0.2) is 40.6 Å². The molecule has 128 valence electrons. The molecule has 1 saturated heterocycles. The first kappa shape index (κ1) is 16.1. The number of nitrogens with zero attached hydrogens (tertiary/aromatic N) is 3. The highest BCUT2D eigenvalue weighted by molar-refractivity contribution is 7.13. The van der Waals surface area contributed by atoms with E-state index in [1.165, 1.54) is 0 Å². The number of hydrogen-bond donors (Lipinski definition) is 0. The van der Waals surface area contributed by atoms with E-state index in [-0.39, 0.29) is 18.4 Å². The Hall–Kier alpha value is -2.38. The summed E-state index contributed by atoms with van der Waals surface area (Å²) in [4.78, 5) is 19.3. The van der Waals surface area contributed by atoms with Gasteiger partial charge in [0.2, 0.25) is 11.7 Å². The van der Waals surface area contributed by atoms with Crippen molar-refractivity contribution in [2.24, 2.45) is 0 Å². The number of aromatic nitrogens is 2. The Bertz CT molecular complexity index is 858. The number of benzene rings is 1. The van der Waals surface area contributed by atoms with Gasteiger partial charge in [-0.1, -0.05) is 22.8 Å². The first-order chi connectivity index (χ1) is 12.2. The van der Waals surface area contributed by atoms with Crippen molar-refractivity contribution in [3.05, 3.63) is 52.7 Å². The number of ether oxygens (including phenoxy) is 1. The molecule has 0 N–H and O–H groups in total. The van der Waals surface area contributed by atoms with Crippen molar-refractivity contribution < 1.29 is 14.1 Å². The van der Waals surface area contributed by atoms with Crippen molar-refractivity contribution >= 4 is 28.8 Å². The molecule has 8 heteroatoms. The van der Waals surface area contributed by atoms with E-state index in [0.717, 1.165) is 4.88 Å². The predicted octanol–water partition coefficient (Wildman–Crippen LogP) is 3.46. The van der Waals surface area contributed by atoms with Crippen LogP contribution in [0.3, 0.4) is 0 Å². The summed E-state index contributed by atoms with van der Waals surface area (Å²) in [5, 5.41) is 6.60. The van der Waals surface area contributed by atoms with E-state index >= 15 is 0 Å². The molecular formula is C17H14ClN3O3S. The number of carbonyl (C=O) groups is 1. The van der Waals surface area contributed by atoms with Gasteiger partial charge >= 0.3 is 0 Å². The lowest BCUT2D eigenvalue weighted by Gasteiger charge is -2.36. The molecule has 4 rings (SSSR count). The summed E-state index contributed by atoms with van der Waals surface area (Å²) >= 11 is 7.38. The zero-order valence-corrected chi connectivity index (χ0v) is 14.7. The average molecular weight is 376 g/mol. The number of amides is 1. The standard InChI is InChI=1S/C17H14ClN3O3S/c18-12-3-5-13(6-4-12)23-10-15(22)21-8-11(9-21)17-19-16(20-24-17)14-2-1-7-25-14/h1-7,11H,8-10H2. The smallest absolute Gasteiger partial charge is 0.260 e. The molecule has 1 aliphatic rings. The molecule has 0 radical (unpaired) electrons. The number of rotatable bonds is 5. The van der Waals surface area contributed by atoms with Crippen LogP contribution in [0.2, 0.25) is 5.02 Å². The summed E-state index contributed by atoms with van der Waals surface area (Å²) in [7, 11) is 0. The maximum absolute atomic E-state index is 12.1. The maximum Gasteiger partial charge on any atom is 0.260 e. The van der Waals surface area contributed by atoms with Crippen molar-refractivity contribution in [2.45, 2.75) is 5.92 Å². The third-order valence-corrected chi connectivity index (χ3v) is 5.06. The minimum atomic E-state index is -0.0656. The average Bonchev–Trinajstić information content (AvgIpc) is 3.24. The van der Waals surface area contributed by atoms with Gasteiger partial charge in [0.05, 0.1) is 10.8 Å². The Morgan fingerprint density at radius 3 is 2.84 bits per heavy atom. The summed E-state index contributed by atoms with van der Waals surface area (Å²) in [6.45, 7) is 1.13. The largest absolute Gasteiger partial charge is 0.484 e. The summed E-state index contributed by atoms with van der Waals surface area (Å²) in [5.41, 5.74) is 0. The van der Waals surface area contributed by atoms with E-state index in [9.17, 15) is 4.79 Å². The number of hydrogen-bond acceptors (Lipinski definition) is 6. The normalized spacial score (nSPS) is 14.4. The highest BCUT2D eigenvalue weighted by atomic mass is 35.5. The van der Waals surface area contributed by atoms with Crippen LogP contribution in [0, 0.1) is 0 Å². The predicted molar refractivity (Wildman–Crippen MR) is 93.9 cm³/mol. The van der Waals surface area contributed by atoms with Crippen LogP contribution in [0.1, 0.15) is 11.8 Å². The Balaban J connectivity index is 1.28. The zero-order valence-electron chi connectivity index (χ0n) is 13.1. The van der Waals surface area contributed by atoms with Crippen LogP contribution in [0.5, 0.6) is 5.75 Å². The SMILES string of the molecule is O=C(COc1ccc(Cl)cc1)N1CC(c2nc(-c3cccs3)no2)C1. The highest BCUT2D eigenvalue weighted by Gasteiger charge is 2.35. The molecule has 0 spiro atoms. The molecule has 3 heterocycles. The van der Waals surface area contributed by atoms with Crippen LogP contribution >= 0.6 is 22.9 Å². The quantitative estimate of drug-likeness (QED) is 0.683. The second kappa shape index (κ2) is 6.85. The van der Waals surface area contributed by atoms with Gasteiger partial charge in [-0.25, -0.2) is 0 Å². The van der Waals surface area contributed by atoms with Crippen LogP contribution in [0.15, 0.2) is 46.3 Å². The Morgan fingerprint density at radius 1 is 1.32 bits per heavy atom. The second-order valence-corrected chi connectivity index (χ2v) is 7.06. The third-order valence-electron chi connectivity index (χ3n) is 3.94. The first-order valence-corrected chi connectivity index (χ1v) is 8.98. The minimum absolute atomic E-state index is 0.00136. The van der Waals surface area contributed by atoms with Crippen LogP contribution < -0.4 is 4.74 Å². The van der Waals surface area contributed by atoms with E-state index in [0.29, 0.717) is 35.6 Å². The molecule has 1 amide bonds. The van der Waals surface area contributed by atoms with Gasteiger partial charge in [-0.2, -0.15) is 4.98 Å². The van der Waals surface area contributed by atoms with Gasteiger partial charge in [-0.15, -0.1) is 11.3 Å². The topological polar surface area (TPSA) is 68.5 Å². The van der Waals surface area contributed by atoms with E-state index in [4.69, 9.17) is 20.9 Å². The number of likely N-dealkylation sites (tertiary alicyclic amines) is 1. The maximum atomic E-state index is 12.1. The van der Waals surface area contributed by atoms with E-state index in [1.807, 2.05) is 17.5 Å². The lowest BCUT2D eigenvalue weighted by Crippen LogP contribution is -2.50. The molecule has 0 bridgehead atoms. The monoisotopic (exact) mass is 375 g/mol. The summed E-state index contributed by atoms with van der Waals surface area (Å²) < 4.78 is 10.8.